The highest BCUT2D eigenvalue weighted by Gasteiger charge is 1.68. The van der Waals surface area contributed by atoms with E-state index in [9.17, 15) is 0 Å². The van der Waals surface area contributed by atoms with Gasteiger partial charge in [-0.25, -0.2) is 0 Å². The van der Waals surface area contributed by atoms with Gasteiger partial charge in [0.1, 0.15) is 0 Å². The highest BCUT2D eigenvalue weighted by atomic mass is 13.7. The van der Waals surface area contributed by atoms with Crippen LogP contribution in [-0.2, 0) is 0 Å². The molecule has 0 aliphatic heterocycles. The van der Waals surface area contributed by atoms with Crippen molar-refractivity contribution in [2.24, 2.45) is 0 Å². The second kappa shape index (κ2) is 16.7. The molecule has 0 bridgehead atoms. The largest absolute Gasteiger partial charge is 0.0683 e. The van der Waals surface area contributed by atoms with Gasteiger partial charge in [-0.1, -0.05) is 47.0 Å². The van der Waals surface area contributed by atoms with E-state index in [0.29, 0.717) is 0 Å². The molecule has 0 heteroatoms. The van der Waals surface area contributed by atoms with Gasteiger partial charge in [0.2, 0.25) is 0 Å². The molecule has 0 amide bonds. The average Bonchev–Trinajstić information content (AvgIpc) is 1.75. The highest BCUT2D eigenvalue weighted by Crippen LogP contribution is 1.88. The van der Waals surface area contributed by atoms with E-state index in [2.05, 4.69) is 13.8 Å². The molecule has 7 heavy (non-hydrogen) atoms. The summed E-state index contributed by atoms with van der Waals surface area (Å²) in [5.74, 6) is 0. The molecule has 0 nitrogen and oxygen atoms in total. The molecule has 0 aromatic carbocycles. The molecular formula is C7H20. The van der Waals surface area contributed by atoms with Gasteiger partial charge in [-0.2, -0.15) is 0 Å². The van der Waals surface area contributed by atoms with Crippen molar-refractivity contribution in [3.05, 3.63) is 0 Å². The monoisotopic (exact) mass is 104 g/mol. The van der Waals surface area contributed by atoms with Crippen LogP contribution < -0.4 is 0 Å². The quantitative estimate of drug-likeness (QED) is 0.503. The van der Waals surface area contributed by atoms with Crippen LogP contribution in [0.3, 0.4) is 0 Å². The van der Waals surface area contributed by atoms with E-state index in [-0.39, 0.29) is 1.43 Å². The number of rotatable bonds is 2. The predicted octanol–water partition coefficient (Wildman–Crippen LogP) is 3.47. The molecule has 0 aromatic heterocycles. The molecule has 0 fully saturated rings. The van der Waals surface area contributed by atoms with Crippen LogP contribution >= 0.6 is 0 Å². The maximum Gasteiger partial charge on any atom is 0 e. The fourth-order valence-corrected chi connectivity index (χ4v) is 0.354. The van der Waals surface area contributed by atoms with E-state index in [1.54, 1.807) is 0 Å². The molecule has 0 rings (SSSR count). The zero-order chi connectivity index (χ0) is 6.12. The third-order valence-corrected chi connectivity index (χ3v) is 0.707. The summed E-state index contributed by atoms with van der Waals surface area (Å²) < 4.78 is 0. The van der Waals surface area contributed by atoms with E-state index >= 15 is 0 Å². The molecule has 0 saturated heterocycles. The van der Waals surface area contributed by atoms with Crippen molar-refractivity contribution in [1.82, 2.24) is 0 Å². The van der Waals surface area contributed by atoms with Crippen LogP contribution in [0.4, 0.5) is 0 Å². The van der Waals surface area contributed by atoms with Crippen molar-refractivity contribution in [3.8, 4) is 0 Å². The van der Waals surface area contributed by atoms with Crippen molar-refractivity contribution in [2.75, 3.05) is 0 Å². The lowest BCUT2D eigenvalue weighted by molar-refractivity contribution is 0.772. The van der Waals surface area contributed by atoms with Crippen molar-refractivity contribution in [2.45, 2.75) is 47.0 Å². The van der Waals surface area contributed by atoms with Crippen molar-refractivity contribution in [1.29, 1.82) is 0 Å². The Bertz CT molecular complexity index is 11.9. The number of hydrogen-bond acceptors (Lipinski definition) is 0. The van der Waals surface area contributed by atoms with E-state index in [1.807, 2.05) is 13.8 Å². The molecule has 0 atom stereocenters. The zero-order valence-corrected chi connectivity index (χ0v) is 6.12. The van der Waals surface area contributed by atoms with E-state index in [0.717, 1.165) is 0 Å². The molecule has 0 aromatic rings. The van der Waals surface area contributed by atoms with Gasteiger partial charge in [-0.3, -0.25) is 0 Å². The van der Waals surface area contributed by atoms with Crippen LogP contribution in [0.5, 0.6) is 0 Å². The highest BCUT2D eigenvalue weighted by molar-refractivity contribution is 4.24. The number of hydrogen-bond donors (Lipinski definition) is 0. The summed E-state index contributed by atoms with van der Waals surface area (Å²) >= 11 is 0. The zero-order valence-electron chi connectivity index (χ0n) is 6.12. The minimum atomic E-state index is 0. The summed E-state index contributed by atoms with van der Waals surface area (Å²) in [6.07, 6.45) is 4.08. The summed E-state index contributed by atoms with van der Waals surface area (Å²) in [5, 5.41) is 0. The van der Waals surface area contributed by atoms with Crippen LogP contribution in [0.1, 0.15) is 48.4 Å². The minimum Gasteiger partial charge on any atom is -0.0683 e. The van der Waals surface area contributed by atoms with Crippen LogP contribution in [-0.4, -0.2) is 0 Å². The minimum absolute atomic E-state index is 0. The Hall–Kier alpha value is 0. The second-order valence-electron chi connectivity index (χ2n) is 1.35. The lowest BCUT2D eigenvalue weighted by Gasteiger charge is -1.79. The molecule has 0 saturated carbocycles. The van der Waals surface area contributed by atoms with Gasteiger partial charge in [0.05, 0.1) is 0 Å². The van der Waals surface area contributed by atoms with Gasteiger partial charge >= 0.3 is 0 Å². The molecule has 0 radical (unpaired) electrons. The molecule has 48 valence electrons. The SMILES string of the molecule is CC.CCCCC.[HH]. The normalized spacial score (nSPS) is 6.86. The van der Waals surface area contributed by atoms with Gasteiger partial charge in [-0.15, -0.1) is 0 Å². The van der Waals surface area contributed by atoms with Crippen LogP contribution in [0.2, 0.25) is 0 Å². The van der Waals surface area contributed by atoms with Crippen molar-refractivity contribution < 1.29 is 1.43 Å². The summed E-state index contributed by atoms with van der Waals surface area (Å²) in [5.41, 5.74) is 0. The molecule has 0 aliphatic rings. The number of unbranched alkanes of at least 4 members (excludes halogenated alkanes) is 2. The summed E-state index contributed by atoms with van der Waals surface area (Å²) in [7, 11) is 0. The van der Waals surface area contributed by atoms with E-state index in [4.69, 9.17) is 0 Å². The molecule has 0 N–H and O–H groups in total. The van der Waals surface area contributed by atoms with Crippen molar-refractivity contribution in [3.63, 3.8) is 0 Å². The van der Waals surface area contributed by atoms with Gasteiger partial charge in [-0.05, 0) is 0 Å². The molecule has 0 aliphatic carbocycles. The molecule has 0 spiro atoms. The van der Waals surface area contributed by atoms with Gasteiger partial charge < -0.3 is 0 Å². The average molecular weight is 104 g/mol. The van der Waals surface area contributed by atoms with Gasteiger partial charge in [0.15, 0.2) is 0 Å². The van der Waals surface area contributed by atoms with Crippen LogP contribution in [0.25, 0.3) is 0 Å². The molecule has 0 heterocycles. The lowest BCUT2D eigenvalue weighted by Crippen LogP contribution is -1.59. The maximum absolute atomic E-state index is 2.21. The Labute approximate surface area is 49.4 Å². The predicted molar refractivity (Wildman–Crippen MR) is 38.7 cm³/mol. The molecular weight excluding hydrogens is 84.1 g/mol. The van der Waals surface area contributed by atoms with E-state index in [1.165, 1.54) is 19.3 Å². The maximum atomic E-state index is 2.21. The fourth-order valence-electron chi connectivity index (χ4n) is 0.354. The van der Waals surface area contributed by atoms with Gasteiger partial charge in [0.25, 0.3) is 0 Å². The Morgan fingerprint density at radius 2 is 1.29 bits per heavy atom. The first-order valence-electron chi connectivity index (χ1n) is 3.41. The Kier molecular flexibility index (Phi) is 24.0. The first-order chi connectivity index (χ1) is 3.41. The Morgan fingerprint density at radius 3 is 1.29 bits per heavy atom. The third-order valence-electron chi connectivity index (χ3n) is 0.707. The third kappa shape index (κ3) is 24.0. The van der Waals surface area contributed by atoms with Crippen LogP contribution in [0, 0.1) is 0 Å². The summed E-state index contributed by atoms with van der Waals surface area (Å²) in [6.45, 7) is 8.42. The smallest absolute Gasteiger partial charge is 0 e. The fraction of sp³-hybridized carbons (Fsp3) is 1.00. The first-order valence-corrected chi connectivity index (χ1v) is 3.41. The van der Waals surface area contributed by atoms with Crippen LogP contribution in [0.15, 0.2) is 0 Å². The summed E-state index contributed by atoms with van der Waals surface area (Å²) in [4.78, 5) is 0. The van der Waals surface area contributed by atoms with Crippen molar-refractivity contribution >= 4 is 0 Å². The topological polar surface area (TPSA) is 0 Å². The Balaban J connectivity index is -0.0000000750. The first kappa shape index (κ1) is 10.1. The van der Waals surface area contributed by atoms with Gasteiger partial charge in [0, 0.05) is 1.43 Å². The summed E-state index contributed by atoms with van der Waals surface area (Å²) in [6, 6.07) is 0. The second-order valence-corrected chi connectivity index (χ2v) is 1.35. The lowest BCUT2D eigenvalue weighted by atomic mass is 10.3. The molecule has 0 unspecified atom stereocenters. The Morgan fingerprint density at radius 1 is 1.00 bits per heavy atom. The standard InChI is InChI=1S/C5H12.C2H6.H2/c1-3-5-4-2;1-2;/h3-5H2,1-2H3;1-2H3;1H. The van der Waals surface area contributed by atoms with E-state index < -0.39 is 0 Å².